The molecule has 2 rings (SSSR count). The number of halogens is 2. The summed E-state index contributed by atoms with van der Waals surface area (Å²) < 4.78 is 5.26. The normalized spacial score (nSPS) is 10.7. The van der Waals surface area contributed by atoms with Crippen molar-refractivity contribution in [3.05, 3.63) is 51.8 Å². The summed E-state index contributed by atoms with van der Waals surface area (Å²) in [4.78, 5) is 15.7. The standard InChI is InChI=1S/C15H13Cl2N3O3/c1-2-23-12-7-10(16)13(17)9(14(12)21)8-19-20-15(22)11-5-3-4-6-18-11/h3-8,21H,2H2,1H3,(H,20,22). The van der Waals surface area contributed by atoms with Gasteiger partial charge in [-0.25, -0.2) is 5.43 Å². The number of hydrogen-bond donors (Lipinski definition) is 2. The molecular weight excluding hydrogens is 341 g/mol. The maximum absolute atomic E-state index is 11.8. The molecule has 23 heavy (non-hydrogen) atoms. The van der Waals surface area contributed by atoms with Crippen LogP contribution in [0, 0.1) is 0 Å². The van der Waals surface area contributed by atoms with E-state index in [1.54, 1.807) is 25.1 Å². The second-order valence-electron chi connectivity index (χ2n) is 4.28. The van der Waals surface area contributed by atoms with Gasteiger partial charge in [-0.15, -0.1) is 0 Å². The lowest BCUT2D eigenvalue weighted by Crippen LogP contribution is -2.18. The van der Waals surface area contributed by atoms with Crippen molar-refractivity contribution in [3.8, 4) is 11.5 Å². The number of nitrogens with one attached hydrogen (secondary N) is 1. The molecule has 0 radical (unpaired) electrons. The first-order valence-corrected chi connectivity index (χ1v) is 7.38. The molecule has 120 valence electrons. The highest BCUT2D eigenvalue weighted by molar-refractivity contribution is 6.43. The number of ether oxygens (including phenoxy) is 1. The lowest BCUT2D eigenvalue weighted by atomic mass is 10.2. The maximum atomic E-state index is 11.8. The number of hydrogen-bond acceptors (Lipinski definition) is 5. The maximum Gasteiger partial charge on any atom is 0.289 e. The third kappa shape index (κ3) is 4.12. The Bertz CT molecular complexity index is 736. The molecular formula is C15H13Cl2N3O3. The van der Waals surface area contributed by atoms with Gasteiger partial charge in [0.1, 0.15) is 5.69 Å². The summed E-state index contributed by atoms with van der Waals surface area (Å²) in [6.07, 6.45) is 2.68. The third-order valence-corrected chi connectivity index (χ3v) is 3.55. The van der Waals surface area contributed by atoms with E-state index in [9.17, 15) is 9.90 Å². The molecule has 1 aromatic carbocycles. The van der Waals surface area contributed by atoms with Gasteiger partial charge in [0.05, 0.1) is 28.4 Å². The Morgan fingerprint density at radius 1 is 1.48 bits per heavy atom. The van der Waals surface area contributed by atoms with E-state index < -0.39 is 5.91 Å². The summed E-state index contributed by atoms with van der Waals surface area (Å²) in [7, 11) is 0. The molecule has 8 heteroatoms. The molecule has 1 heterocycles. The van der Waals surface area contributed by atoms with E-state index in [1.165, 1.54) is 18.5 Å². The van der Waals surface area contributed by atoms with Crippen LogP contribution in [0.5, 0.6) is 11.5 Å². The average molecular weight is 354 g/mol. The van der Waals surface area contributed by atoms with Gasteiger partial charge in [-0.3, -0.25) is 9.78 Å². The first-order valence-electron chi connectivity index (χ1n) is 6.62. The van der Waals surface area contributed by atoms with Gasteiger partial charge in [0.25, 0.3) is 5.91 Å². The van der Waals surface area contributed by atoms with Crippen molar-refractivity contribution in [3.63, 3.8) is 0 Å². The summed E-state index contributed by atoms with van der Waals surface area (Å²) in [5.74, 6) is -0.527. The van der Waals surface area contributed by atoms with E-state index in [0.29, 0.717) is 6.61 Å². The Morgan fingerprint density at radius 2 is 2.26 bits per heavy atom. The number of pyridine rings is 1. The number of phenols is 1. The summed E-state index contributed by atoms with van der Waals surface area (Å²) in [6.45, 7) is 2.11. The number of carbonyl (C=O) groups is 1. The second kappa shape index (κ2) is 7.80. The van der Waals surface area contributed by atoms with E-state index in [1.807, 2.05) is 0 Å². The topological polar surface area (TPSA) is 83.8 Å². The number of rotatable bonds is 5. The van der Waals surface area contributed by atoms with Gasteiger partial charge in [-0.1, -0.05) is 29.3 Å². The first-order chi connectivity index (χ1) is 11.0. The van der Waals surface area contributed by atoms with Crippen LogP contribution in [0.3, 0.4) is 0 Å². The van der Waals surface area contributed by atoms with Crippen LogP contribution in [0.4, 0.5) is 0 Å². The predicted molar refractivity (Wildman–Crippen MR) is 88.6 cm³/mol. The second-order valence-corrected chi connectivity index (χ2v) is 5.07. The molecule has 2 aromatic rings. The minimum atomic E-state index is -0.496. The Kier molecular flexibility index (Phi) is 5.78. The van der Waals surface area contributed by atoms with Crippen LogP contribution in [0.25, 0.3) is 0 Å². The largest absolute Gasteiger partial charge is 0.504 e. The Balaban J connectivity index is 2.21. The van der Waals surface area contributed by atoms with Crippen molar-refractivity contribution in [1.29, 1.82) is 0 Å². The molecule has 0 aliphatic rings. The molecule has 0 spiro atoms. The molecule has 0 atom stereocenters. The van der Waals surface area contributed by atoms with Crippen LogP contribution in [0.15, 0.2) is 35.6 Å². The molecule has 0 aliphatic carbocycles. The molecule has 0 saturated heterocycles. The van der Waals surface area contributed by atoms with Crippen LogP contribution in [0.1, 0.15) is 23.0 Å². The quantitative estimate of drug-likeness (QED) is 0.638. The number of aromatic hydroxyl groups is 1. The van der Waals surface area contributed by atoms with Crippen molar-refractivity contribution in [2.75, 3.05) is 6.61 Å². The van der Waals surface area contributed by atoms with Gasteiger partial charge in [-0.2, -0.15) is 5.10 Å². The fourth-order valence-corrected chi connectivity index (χ4v) is 2.10. The number of aromatic nitrogens is 1. The Labute approximate surface area is 142 Å². The van der Waals surface area contributed by atoms with Gasteiger partial charge in [-0.05, 0) is 19.1 Å². The van der Waals surface area contributed by atoms with E-state index in [2.05, 4.69) is 15.5 Å². The molecule has 1 amide bonds. The van der Waals surface area contributed by atoms with Crippen LogP contribution in [0.2, 0.25) is 10.0 Å². The van der Waals surface area contributed by atoms with E-state index in [0.717, 1.165) is 0 Å². The number of nitrogens with zero attached hydrogens (tertiary/aromatic N) is 2. The fourth-order valence-electron chi connectivity index (χ4n) is 1.71. The molecule has 0 unspecified atom stereocenters. The van der Waals surface area contributed by atoms with E-state index in [-0.39, 0.29) is 32.8 Å². The highest BCUT2D eigenvalue weighted by Crippen LogP contribution is 2.39. The zero-order valence-electron chi connectivity index (χ0n) is 12.1. The summed E-state index contributed by atoms with van der Waals surface area (Å²) in [5, 5.41) is 14.2. The number of amides is 1. The van der Waals surface area contributed by atoms with Crippen LogP contribution in [-0.4, -0.2) is 28.8 Å². The Morgan fingerprint density at radius 3 is 2.91 bits per heavy atom. The zero-order valence-corrected chi connectivity index (χ0v) is 13.6. The third-order valence-electron chi connectivity index (χ3n) is 2.75. The average Bonchev–Trinajstić information content (AvgIpc) is 2.56. The van der Waals surface area contributed by atoms with Crippen LogP contribution < -0.4 is 10.2 Å². The number of carbonyl (C=O) groups excluding carboxylic acids is 1. The van der Waals surface area contributed by atoms with Crippen molar-refractivity contribution < 1.29 is 14.6 Å². The highest BCUT2D eigenvalue weighted by Gasteiger charge is 2.15. The SMILES string of the molecule is CCOc1cc(Cl)c(Cl)c(C=NNC(=O)c2ccccn2)c1O. The minimum absolute atomic E-state index is 0.100. The highest BCUT2D eigenvalue weighted by atomic mass is 35.5. The van der Waals surface area contributed by atoms with Gasteiger partial charge in [0, 0.05) is 12.3 Å². The van der Waals surface area contributed by atoms with E-state index >= 15 is 0 Å². The number of hydrazone groups is 1. The fraction of sp³-hybridized carbons (Fsp3) is 0.133. The van der Waals surface area contributed by atoms with Crippen LogP contribution in [-0.2, 0) is 0 Å². The molecule has 1 aromatic heterocycles. The summed E-state index contributed by atoms with van der Waals surface area (Å²) in [6, 6.07) is 6.33. The number of benzene rings is 1. The summed E-state index contributed by atoms with van der Waals surface area (Å²) in [5.41, 5.74) is 2.64. The van der Waals surface area contributed by atoms with Crippen LogP contribution >= 0.6 is 23.2 Å². The predicted octanol–water partition coefficient (Wildman–Crippen LogP) is 3.26. The summed E-state index contributed by atoms with van der Waals surface area (Å²) >= 11 is 12.0. The molecule has 2 N–H and O–H groups in total. The van der Waals surface area contributed by atoms with Crippen molar-refractivity contribution in [2.45, 2.75) is 6.92 Å². The molecule has 0 bridgehead atoms. The molecule has 0 saturated carbocycles. The van der Waals surface area contributed by atoms with Gasteiger partial charge in [0.2, 0.25) is 0 Å². The lowest BCUT2D eigenvalue weighted by molar-refractivity contribution is 0.0950. The first kappa shape index (κ1) is 17.1. The van der Waals surface area contributed by atoms with Gasteiger partial charge in [0.15, 0.2) is 11.5 Å². The van der Waals surface area contributed by atoms with Crippen molar-refractivity contribution in [1.82, 2.24) is 10.4 Å². The minimum Gasteiger partial charge on any atom is -0.504 e. The smallest absolute Gasteiger partial charge is 0.289 e. The van der Waals surface area contributed by atoms with Gasteiger partial charge < -0.3 is 9.84 Å². The monoisotopic (exact) mass is 353 g/mol. The van der Waals surface area contributed by atoms with Crippen molar-refractivity contribution >= 4 is 35.3 Å². The molecule has 0 aliphatic heterocycles. The van der Waals surface area contributed by atoms with Crippen molar-refractivity contribution in [2.24, 2.45) is 5.10 Å². The number of phenolic OH excluding ortho intramolecular Hbond substituents is 1. The molecule has 6 nitrogen and oxygen atoms in total. The lowest BCUT2D eigenvalue weighted by Gasteiger charge is -2.10. The zero-order chi connectivity index (χ0) is 16.8. The molecule has 0 fully saturated rings. The van der Waals surface area contributed by atoms with Gasteiger partial charge >= 0.3 is 0 Å². The Hall–Kier alpha value is -2.31. The van der Waals surface area contributed by atoms with E-state index in [4.69, 9.17) is 27.9 Å².